The lowest BCUT2D eigenvalue weighted by Gasteiger charge is -2.33. The minimum atomic E-state index is -0.612. The summed E-state index contributed by atoms with van der Waals surface area (Å²) < 4.78 is 6.81. The molecule has 0 radical (unpaired) electrons. The summed E-state index contributed by atoms with van der Waals surface area (Å²) in [5.74, 6) is 0. The first-order chi connectivity index (χ1) is 30.8. The second-order valence-corrected chi connectivity index (χ2v) is 16.3. The monoisotopic (exact) mass is 790 g/mol. The zero-order chi connectivity index (χ0) is 40.8. The number of hydrogen-bond acceptors (Lipinski definition) is 3. The first kappa shape index (κ1) is 34.7. The van der Waals surface area contributed by atoms with Crippen molar-refractivity contribution in [1.82, 2.24) is 0 Å². The van der Waals surface area contributed by atoms with Gasteiger partial charge in [0.2, 0.25) is 0 Å². The number of benzene rings is 10. The third kappa shape index (κ3) is 4.76. The lowest BCUT2D eigenvalue weighted by atomic mass is 9.70. The van der Waals surface area contributed by atoms with Gasteiger partial charge in [-0.25, -0.2) is 0 Å². The minimum Gasteiger partial charge on any atom is -0.454 e. The summed E-state index contributed by atoms with van der Waals surface area (Å²) in [5.41, 5.74) is 17.9. The van der Waals surface area contributed by atoms with Crippen molar-refractivity contribution in [3.63, 3.8) is 0 Å². The average molecular weight is 791 g/mol. The summed E-state index contributed by atoms with van der Waals surface area (Å²) in [7, 11) is 0. The molecular weight excluding hydrogens is 753 g/mol. The summed E-state index contributed by atoms with van der Waals surface area (Å²) in [6.07, 6.45) is 0. The molecule has 13 rings (SSSR count). The molecule has 1 spiro atoms. The molecule has 0 saturated heterocycles. The van der Waals surface area contributed by atoms with Crippen LogP contribution in [0.25, 0.3) is 55.0 Å². The van der Waals surface area contributed by atoms with Gasteiger partial charge >= 0.3 is 0 Å². The van der Waals surface area contributed by atoms with Gasteiger partial charge in [0.05, 0.1) is 22.5 Å². The fourth-order valence-corrected chi connectivity index (χ4v) is 10.9. The van der Waals surface area contributed by atoms with Gasteiger partial charge in [0.15, 0.2) is 5.58 Å². The van der Waals surface area contributed by atoms with Crippen LogP contribution >= 0.6 is 0 Å². The van der Waals surface area contributed by atoms with Gasteiger partial charge < -0.3 is 14.2 Å². The average Bonchev–Trinajstić information content (AvgIpc) is 3.98. The van der Waals surface area contributed by atoms with Crippen LogP contribution in [0.4, 0.5) is 34.1 Å². The van der Waals surface area contributed by atoms with Crippen LogP contribution < -0.4 is 9.80 Å². The highest BCUT2D eigenvalue weighted by Gasteiger charge is 2.53. The quantitative estimate of drug-likeness (QED) is 0.167. The number of hydrogen-bond donors (Lipinski definition) is 0. The maximum absolute atomic E-state index is 6.81. The maximum Gasteiger partial charge on any atom is 0.159 e. The van der Waals surface area contributed by atoms with Crippen LogP contribution in [0.2, 0.25) is 0 Å². The zero-order valence-electron chi connectivity index (χ0n) is 33.7. The third-order valence-corrected chi connectivity index (χ3v) is 13.2. The van der Waals surface area contributed by atoms with Crippen LogP contribution in [0.1, 0.15) is 22.3 Å². The first-order valence-corrected chi connectivity index (χ1v) is 21.4. The molecule has 0 bridgehead atoms. The third-order valence-electron chi connectivity index (χ3n) is 13.2. The molecule has 3 nitrogen and oxygen atoms in total. The van der Waals surface area contributed by atoms with Crippen LogP contribution in [0, 0.1) is 0 Å². The topological polar surface area (TPSA) is 19.6 Å². The Labute approximate surface area is 360 Å². The molecule has 2 aliphatic rings. The number of fused-ring (bicyclic) bond motifs is 15. The Hall–Kier alpha value is -8.14. The summed E-state index contributed by atoms with van der Waals surface area (Å²) in [6.45, 7) is 0. The molecule has 0 fully saturated rings. The molecule has 1 atom stereocenters. The molecule has 0 aliphatic heterocycles. The van der Waals surface area contributed by atoms with Crippen LogP contribution in [0.3, 0.4) is 0 Å². The van der Waals surface area contributed by atoms with E-state index in [1.807, 2.05) is 6.07 Å². The van der Waals surface area contributed by atoms with Crippen molar-refractivity contribution in [2.75, 3.05) is 9.80 Å². The molecule has 3 heteroatoms. The molecule has 0 saturated carbocycles. The van der Waals surface area contributed by atoms with Crippen LogP contribution in [-0.4, -0.2) is 0 Å². The van der Waals surface area contributed by atoms with Gasteiger partial charge in [-0.2, -0.15) is 0 Å². The summed E-state index contributed by atoms with van der Waals surface area (Å²) in [4.78, 5) is 4.85. The second-order valence-electron chi connectivity index (χ2n) is 16.3. The van der Waals surface area contributed by atoms with Gasteiger partial charge in [0.25, 0.3) is 0 Å². The Morgan fingerprint density at radius 3 is 1.47 bits per heavy atom. The van der Waals surface area contributed by atoms with Crippen LogP contribution in [0.5, 0.6) is 0 Å². The summed E-state index contributed by atoms with van der Waals surface area (Å²) >= 11 is 0. The number of nitrogens with zero attached hydrogens (tertiary/aromatic N) is 2. The van der Waals surface area contributed by atoms with Crippen molar-refractivity contribution in [2.45, 2.75) is 5.41 Å². The van der Waals surface area contributed by atoms with E-state index in [2.05, 4.69) is 234 Å². The highest BCUT2D eigenvalue weighted by molar-refractivity contribution is 6.15. The minimum absolute atomic E-state index is 0.612. The van der Waals surface area contributed by atoms with E-state index in [0.717, 1.165) is 56.1 Å². The molecule has 1 unspecified atom stereocenters. The van der Waals surface area contributed by atoms with E-state index in [-0.39, 0.29) is 0 Å². The predicted molar refractivity (Wildman–Crippen MR) is 257 cm³/mol. The van der Waals surface area contributed by atoms with Crippen molar-refractivity contribution >= 4 is 66.8 Å². The van der Waals surface area contributed by atoms with E-state index in [1.165, 1.54) is 55.3 Å². The van der Waals surface area contributed by atoms with E-state index in [0.29, 0.717) is 0 Å². The fraction of sp³-hybridized carbons (Fsp3) is 0.0169. The Kier molecular flexibility index (Phi) is 7.52. The van der Waals surface area contributed by atoms with Gasteiger partial charge in [-0.3, -0.25) is 0 Å². The van der Waals surface area contributed by atoms with Crippen molar-refractivity contribution in [1.29, 1.82) is 0 Å². The number of para-hydroxylation sites is 5. The largest absolute Gasteiger partial charge is 0.454 e. The van der Waals surface area contributed by atoms with E-state index in [4.69, 9.17) is 4.42 Å². The summed E-state index contributed by atoms with van der Waals surface area (Å²) in [6, 6.07) is 83.9. The Morgan fingerprint density at radius 1 is 0.306 bits per heavy atom. The Balaban J connectivity index is 1.15. The van der Waals surface area contributed by atoms with Crippen molar-refractivity contribution in [2.24, 2.45) is 0 Å². The SMILES string of the molecule is c1ccc(N(c2ccccc2)c2cccc3c2-c2ccccc2C32c3ccccc3-c3c2cc(N(c2ccccc2)c2cccc4c2oc2ccccc24)c2ccccc32)cc1. The molecule has 290 valence electrons. The van der Waals surface area contributed by atoms with E-state index in [9.17, 15) is 0 Å². The van der Waals surface area contributed by atoms with Crippen molar-refractivity contribution < 1.29 is 4.42 Å². The highest BCUT2D eigenvalue weighted by Crippen LogP contribution is 2.66. The molecule has 1 heterocycles. The second kappa shape index (κ2) is 13.4. The molecule has 1 aromatic heterocycles. The molecule has 2 aliphatic carbocycles. The van der Waals surface area contributed by atoms with Crippen LogP contribution in [0.15, 0.2) is 235 Å². The lowest BCUT2D eigenvalue weighted by Crippen LogP contribution is -2.26. The van der Waals surface area contributed by atoms with E-state index < -0.39 is 5.41 Å². The zero-order valence-corrected chi connectivity index (χ0v) is 33.7. The molecule has 0 amide bonds. The Morgan fingerprint density at radius 2 is 0.790 bits per heavy atom. The fourth-order valence-electron chi connectivity index (χ4n) is 10.9. The van der Waals surface area contributed by atoms with Gasteiger partial charge in [-0.15, -0.1) is 0 Å². The number of anilines is 6. The first-order valence-electron chi connectivity index (χ1n) is 21.4. The summed E-state index contributed by atoms with van der Waals surface area (Å²) in [5, 5.41) is 4.61. The molecule has 10 aromatic carbocycles. The standard InChI is InChI=1S/C59H38N2O/c1-4-20-39(21-5-1)60(40-22-6-2-7-23-40)52-35-19-34-50-57(52)47-30-13-16-33-49(47)59(50)48-32-15-12-29-46(48)56-44-28-11-10-26-42(44)54(38-51(56)59)61(41-24-8-3-9-25-41)53-36-18-31-45-43-27-14-17-37-55(43)62-58(45)53/h1-38H. The van der Waals surface area contributed by atoms with Gasteiger partial charge in [0, 0.05) is 38.8 Å². The van der Waals surface area contributed by atoms with E-state index in [1.54, 1.807) is 0 Å². The number of furan rings is 1. The molecule has 62 heavy (non-hydrogen) atoms. The molecule has 11 aromatic rings. The van der Waals surface area contributed by atoms with Gasteiger partial charge in [-0.1, -0.05) is 170 Å². The van der Waals surface area contributed by atoms with Crippen LogP contribution in [-0.2, 0) is 5.41 Å². The van der Waals surface area contributed by atoms with Crippen molar-refractivity contribution in [3.8, 4) is 22.3 Å². The van der Waals surface area contributed by atoms with Gasteiger partial charge in [0.1, 0.15) is 5.58 Å². The smallest absolute Gasteiger partial charge is 0.159 e. The maximum atomic E-state index is 6.81. The van der Waals surface area contributed by atoms with Gasteiger partial charge in [-0.05, 0) is 105 Å². The molecule has 0 N–H and O–H groups in total. The predicted octanol–water partition coefficient (Wildman–Crippen LogP) is 16.0. The normalized spacial score (nSPS) is 14.5. The highest BCUT2D eigenvalue weighted by atomic mass is 16.3. The van der Waals surface area contributed by atoms with Crippen molar-refractivity contribution in [3.05, 3.63) is 253 Å². The lowest BCUT2D eigenvalue weighted by molar-refractivity contribution is 0.669. The molecular formula is C59H38N2O. The van der Waals surface area contributed by atoms with E-state index >= 15 is 0 Å². The Bertz CT molecular complexity index is 3500. The number of rotatable bonds is 6.